The summed E-state index contributed by atoms with van der Waals surface area (Å²) in [5.74, 6) is 0.619. The number of hydrogen-bond donors (Lipinski definition) is 3. The average molecular weight is 300 g/mol. The summed E-state index contributed by atoms with van der Waals surface area (Å²) in [6.45, 7) is 7.82. The van der Waals surface area contributed by atoms with E-state index in [0.717, 1.165) is 32.2 Å². The number of hydrogen-bond acceptors (Lipinski definition) is 4. The zero-order chi connectivity index (χ0) is 15.8. The lowest BCUT2D eigenvalue weighted by atomic mass is 9.97. The van der Waals surface area contributed by atoms with E-state index >= 15 is 0 Å². The van der Waals surface area contributed by atoms with Crippen molar-refractivity contribution < 1.29 is 15.0 Å². The van der Waals surface area contributed by atoms with E-state index in [1.165, 1.54) is 0 Å². The van der Waals surface area contributed by atoms with Gasteiger partial charge in [0.1, 0.15) is 0 Å². The molecule has 0 radical (unpaired) electrons. The van der Waals surface area contributed by atoms with Crippen LogP contribution < -0.4 is 5.32 Å². The first-order valence-corrected chi connectivity index (χ1v) is 8.33. The third-order valence-electron chi connectivity index (χ3n) is 4.36. The van der Waals surface area contributed by atoms with Gasteiger partial charge in [-0.2, -0.15) is 0 Å². The van der Waals surface area contributed by atoms with Crippen LogP contribution in [0.4, 0.5) is 0 Å². The number of carbonyl (C=O) groups excluding carboxylic acids is 1. The topological polar surface area (TPSA) is 72.8 Å². The molecule has 0 aromatic rings. The van der Waals surface area contributed by atoms with Gasteiger partial charge in [-0.25, -0.2) is 0 Å². The number of amides is 1. The number of carbonyl (C=O) groups is 1. The van der Waals surface area contributed by atoms with E-state index < -0.39 is 6.10 Å². The number of rotatable bonds is 9. The van der Waals surface area contributed by atoms with Gasteiger partial charge in [0, 0.05) is 12.6 Å². The number of likely N-dealkylation sites (tertiary alicyclic amines) is 1. The molecule has 2 unspecified atom stereocenters. The minimum absolute atomic E-state index is 0.0322. The van der Waals surface area contributed by atoms with Crippen LogP contribution in [-0.2, 0) is 4.79 Å². The molecule has 1 aliphatic heterocycles. The Hall–Kier alpha value is -0.650. The molecule has 1 heterocycles. The van der Waals surface area contributed by atoms with Crippen LogP contribution in [-0.4, -0.2) is 58.9 Å². The Bertz CT molecular complexity index is 310. The van der Waals surface area contributed by atoms with Gasteiger partial charge < -0.3 is 15.5 Å². The van der Waals surface area contributed by atoms with Crippen molar-refractivity contribution in [3.05, 3.63) is 0 Å². The zero-order valence-electron chi connectivity index (χ0n) is 13.7. The van der Waals surface area contributed by atoms with Gasteiger partial charge in [-0.1, -0.05) is 27.2 Å². The number of nitrogens with zero attached hydrogens (tertiary/aromatic N) is 1. The summed E-state index contributed by atoms with van der Waals surface area (Å²) in [4.78, 5) is 14.7. The van der Waals surface area contributed by atoms with Crippen molar-refractivity contribution in [1.29, 1.82) is 0 Å². The summed E-state index contributed by atoms with van der Waals surface area (Å²) >= 11 is 0. The van der Waals surface area contributed by atoms with E-state index in [-0.39, 0.29) is 18.6 Å². The summed E-state index contributed by atoms with van der Waals surface area (Å²) < 4.78 is 0. The van der Waals surface area contributed by atoms with E-state index in [4.69, 9.17) is 5.11 Å². The van der Waals surface area contributed by atoms with E-state index in [2.05, 4.69) is 31.0 Å². The standard InChI is InChI=1S/C16H32N2O3/c1-4-6-14(12(2)3)18-10-5-7-15(18)16(21)17-9-8-13(20)11-19/h12-15,19-20H,4-11H2,1-3H3,(H,17,21)/t13-,14?,15?/m0/s1. The molecule has 0 aromatic heterocycles. The van der Waals surface area contributed by atoms with Crippen LogP contribution in [0.1, 0.15) is 52.9 Å². The Morgan fingerprint density at radius 1 is 1.38 bits per heavy atom. The first kappa shape index (κ1) is 18.4. The maximum atomic E-state index is 12.4. The fraction of sp³-hybridized carbons (Fsp3) is 0.938. The summed E-state index contributed by atoms with van der Waals surface area (Å²) in [5, 5.41) is 21.0. The highest BCUT2D eigenvalue weighted by Crippen LogP contribution is 2.26. The zero-order valence-corrected chi connectivity index (χ0v) is 13.7. The fourth-order valence-electron chi connectivity index (χ4n) is 3.22. The Balaban J connectivity index is 2.53. The molecular weight excluding hydrogens is 268 g/mol. The van der Waals surface area contributed by atoms with Crippen molar-refractivity contribution in [2.24, 2.45) is 5.92 Å². The normalized spacial score (nSPS) is 22.5. The number of nitrogens with one attached hydrogen (secondary N) is 1. The van der Waals surface area contributed by atoms with Crippen LogP contribution in [0.5, 0.6) is 0 Å². The predicted molar refractivity (Wildman–Crippen MR) is 84.0 cm³/mol. The summed E-state index contributed by atoms with van der Waals surface area (Å²) in [5.41, 5.74) is 0. The van der Waals surface area contributed by atoms with Crippen LogP contribution in [0, 0.1) is 5.92 Å². The molecule has 21 heavy (non-hydrogen) atoms. The van der Waals surface area contributed by atoms with Crippen molar-refractivity contribution in [3.8, 4) is 0 Å². The van der Waals surface area contributed by atoms with Crippen LogP contribution in [0.3, 0.4) is 0 Å². The van der Waals surface area contributed by atoms with Crippen LogP contribution in [0.25, 0.3) is 0 Å². The first-order chi connectivity index (χ1) is 10.0. The van der Waals surface area contributed by atoms with Gasteiger partial charge in [0.25, 0.3) is 0 Å². The fourth-order valence-corrected chi connectivity index (χ4v) is 3.22. The van der Waals surface area contributed by atoms with E-state index in [1.54, 1.807) is 0 Å². The quantitative estimate of drug-likeness (QED) is 0.597. The molecule has 1 rings (SSSR count). The molecule has 1 amide bonds. The maximum Gasteiger partial charge on any atom is 0.237 e. The molecule has 1 saturated heterocycles. The third-order valence-corrected chi connectivity index (χ3v) is 4.36. The van der Waals surface area contributed by atoms with Gasteiger partial charge in [-0.3, -0.25) is 9.69 Å². The monoisotopic (exact) mass is 300 g/mol. The lowest BCUT2D eigenvalue weighted by Crippen LogP contribution is -2.49. The molecule has 0 aromatic carbocycles. The van der Waals surface area contributed by atoms with Crippen molar-refractivity contribution >= 4 is 5.91 Å². The van der Waals surface area contributed by atoms with E-state index in [0.29, 0.717) is 24.9 Å². The van der Waals surface area contributed by atoms with Gasteiger partial charge in [-0.05, 0) is 38.1 Å². The Labute approximate surface area is 128 Å². The molecule has 0 bridgehead atoms. The largest absolute Gasteiger partial charge is 0.394 e. The molecule has 3 N–H and O–H groups in total. The minimum atomic E-state index is -0.742. The molecule has 124 valence electrons. The first-order valence-electron chi connectivity index (χ1n) is 8.33. The summed E-state index contributed by atoms with van der Waals surface area (Å²) in [6.07, 6.45) is 3.91. The minimum Gasteiger partial charge on any atom is -0.394 e. The highest BCUT2D eigenvalue weighted by atomic mass is 16.3. The van der Waals surface area contributed by atoms with Crippen LogP contribution in [0.2, 0.25) is 0 Å². The SMILES string of the molecule is CCCC(C(C)C)N1CCCC1C(=O)NCC[C@H](O)CO. The van der Waals surface area contributed by atoms with E-state index in [9.17, 15) is 9.90 Å². The van der Waals surface area contributed by atoms with Gasteiger partial charge in [0.05, 0.1) is 18.8 Å². The van der Waals surface area contributed by atoms with Crippen molar-refractivity contribution in [2.45, 2.75) is 71.1 Å². The Morgan fingerprint density at radius 2 is 2.10 bits per heavy atom. The van der Waals surface area contributed by atoms with Crippen molar-refractivity contribution in [1.82, 2.24) is 10.2 Å². The molecular formula is C16H32N2O3. The lowest BCUT2D eigenvalue weighted by Gasteiger charge is -2.35. The molecule has 3 atom stereocenters. The Kier molecular flexibility index (Phi) is 8.22. The van der Waals surface area contributed by atoms with E-state index in [1.807, 2.05) is 0 Å². The second-order valence-electron chi connectivity index (χ2n) is 6.41. The van der Waals surface area contributed by atoms with Gasteiger partial charge in [0.2, 0.25) is 5.91 Å². The van der Waals surface area contributed by atoms with Crippen molar-refractivity contribution in [2.75, 3.05) is 19.7 Å². The Morgan fingerprint density at radius 3 is 2.67 bits per heavy atom. The van der Waals surface area contributed by atoms with Crippen LogP contribution >= 0.6 is 0 Å². The van der Waals surface area contributed by atoms with Crippen molar-refractivity contribution in [3.63, 3.8) is 0 Å². The molecule has 0 saturated carbocycles. The lowest BCUT2D eigenvalue weighted by molar-refractivity contribution is -0.126. The average Bonchev–Trinajstić information content (AvgIpc) is 2.93. The third kappa shape index (κ3) is 5.57. The molecule has 0 spiro atoms. The highest BCUT2D eigenvalue weighted by Gasteiger charge is 2.35. The molecule has 0 aliphatic carbocycles. The van der Waals surface area contributed by atoms with Gasteiger partial charge in [-0.15, -0.1) is 0 Å². The maximum absolute atomic E-state index is 12.4. The predicted octanol–water partition coefficient (Wildman–Crippen LogP) is 1.13. The molecule has 5 nitrogen and oxygen atoms in total. The molecule has 5 heteroatoms. The number of aliphatic hydroxyl groups excluding tert-OH is 2. The highest BCUT2D eigenvalue weighted by molar-refractivity contribution is 5.82. The smallest absolute Gasteiger partial charge is 0.237 e. The van der Waals surface area contributed by atoms with Gasteiger partial charge in [0.15, 0.2) is 0 Å². The number of aliphatic hydroxyl groups is 2. The molecule has 1 aliphatic rings. The van der Waals surface area contributed by atoms with Crippen LogP contribution in [0.15, 0.2) is 0 Å². The molecule has 1 fully saturated rings. The van der Waals surface area contributed by atoms with Gasteiger partial charge >= 0.3 is 0 Å². The second kappa shape index (κ2) is 9.38. The summed E-state index contributed by atoms with van der Waals surface area (Å²) in [7, 11) is 0. The second-order valence-corrected chi connectivity index (χ2v) is 6.41. The summed E-state index contributed by atoms with van der Waals surface area (Å²) in [6, 6.07) is 0.437.